The SMILES string of the molecule is CC[C@H]1[C@@H](O)[C@@]2(C)[C@@H]3CC[C@H]([C@H](C)CCOc4cncc(C(=O)NS(C)(=O)=O)c4)C3(C)CC[C@@H]2C2(C)CC[C@@H](O)C[C@@]12C. The molecule has 5 rings (SSSR count). The second-order valence-electron chi connectivity index (χ2n) is 15.6. The van der Waals surface area contributed by atoms with E-state index in [1.807, 2.05) is 4.72 Å². The molecule has 0 spiro atoms. The summed E-state index contributed by atoms with van der Waals surface area (Å²) in [6, 6.07) is 1.53. The van der Waals surface area contributed by atoms with Gasteiger partial charge in [-0.15, -0.1) is 0 Å². The minimum Gasteiger partial charge on any atom is -0.492 e. The van der Waals surface area contributed by atoms with Gasteiger partial charge in [-0.2, -0.15) is 0 Å². The molecule has 4 saturated carbocycles. The van der Waals surface area contributed by atoms with E-state index in [9.17, 15) is 23.4 Å². The molecule has 0 aliphatic heterocycles. The molecule has 4 fully saturated rings. The van der Waals surface area contributed by atoms with Crippen LogP contribution in [0, 0.1) is 51.2 Å². The van der Waals surface area contributed by atoms with Crippen LogP contribution in [0.25, 0.3) is 0 Å². The van der Waals surface area contributed by atoms with Crippen molar-refractivity contribution in [3.8, 4) is 5.75 Å². The molecule has 9 heteroatoms. The van der Waals surface area contributed by atoms with E-state index in [1.165, 1.54) is 18.7 Å². The molecule has 1 aromatic heterocycles. The number of nitrogens with one attached hydrogen (secondary N) is 1. The second-order valence-corrected chi connectivity index (χ2v) is 17.4. The zero-order valence-corrected chi connectivity index (χ0v) is 28.0. The number of fused-ring (bicyclic) bond motifs is 5. The summed E-state index contributed by atoms with van der Waals surface area (Å²) in [6.07, 6.45) is 12.3. The Hall–Kier alpha value is -1.71. The molecule has 1 amide bonds. The maximum Gasteiger partial charge on any atom is 0.266 e. The average molecular weight is 619 g/mol. The van der Waals surface area contributed by atoms with Crippen molar-refractivity contribution in [1.29, 1.82) is 0 Å². The first-order valence-corrected chi connectivity index (χ1v) is 18.4. The van der Waals surface area contributed by atoms with Crippen LogP contribution in [0.4, 0.5) is 0 Å². The molecule has 3 N–H and O–H groups in total. The van der Waals surface area contributed by atoms with Crippen molar-refractivity contribution in [2.45, 2.75) is 112 Å². The zero-order valence-electron chi connectivity index (χ0n) is 27.2. The van der Waals surface area contributed by atoms with Crippen molar-refractivity contribution in [1.82, 2.24) is 9.71 Å². The number of hydrogen-bond donors (Lipinski definition) is 3. The molecule has 1 aromatic rings. The van der Waals surface area contributed by atoms with Gasteiger partial charge in [-0.1, -0.05) is 48.0 Å². The van der Waals surface area contributed by atoms with Gasteiger partial charge in [0.1, 0.15) is 5.75 Å². The maximum atomic E-state index is 12.3. The molecule has 8 nitrogen and oxygen atoms in total. The van der Waals surface area contributed by atoms with Crippen LogP contribution in [-0.4, -0.2) is 54.6 Å². The van der Waals surface area contributed by atoms with E-state index in [0.717, 1.165) is 57.6 Å². The van der Waals surface area contributed by atoms with Gasteiger partial charge in [0.05, 0.1) is 36.8 Å². The molecular formula is C34H54N2O6S. The Morgan fingerprint density at radius 2 is 1.79 bits per heavy atom. The Labute approximate surface area is 258 Å². The zero-order chi connectivity index (χ0) is 31.6. The van der Waals surface area contributed by atoms with E-state index in [2.05, 4.69) is 46.5 Å². The van der Waals surface area contributed by atoms with Crippen LogP contribution in [0.1, 0.15) is 110 Å². The van der Waals surface area contributed by atoms with Crippen molar-refractivity contribution in [3.63, 3.8) is 0 Å². The summed E-state index contributed by atoms with van der Waals surface area (Å²) in [6.45, 7) is 14.8. The third kappa shape index (κ3) is 5.23. The summed E-state index contributed by atoms with van der Waals surface area (Å²) in [5, 5.41) is 23.1. The molecule has 43 heavy (non-hydrogen) atoms. The highest BCUT2D eigenvalue weighted by molar-refractivity contribution is 7.89. The predicted octanol–water partition coefficient (Wildman–Crippen LogP) is 5.58. The molecule has 0 bridgehead atoms. The van der Waals surface area contributed by atoms with Crippen molar-refractivity contribution in [2.24, 2.45) is 51.2 Å². The predicted molar refractivity (Wildman–Crippen MR) is 167 cm³/mol. The third-order valence-electron chi connectivity index (χ3n) is 13.7. The third-order valence-corrected chi connectivity index (χ3v) is 14.2. The number of amides is 1. The topological polar surface area (TPSA) is 126 Å². The van der Waals surface area contributed by atoms with Crippen LogP contribution in [0.5, 0.6) is 5.75 Å². The van der Waals surface area contributed by atoms with Crippen LogP contribution >= 0.6 is 0 Å². The summed E-state index contributed by atoms with van der Waals surface area (Å²) in [7, 11) is -3.67. The van der Waals surface area contributed by atoms with Crippen molar-refractivity contribution in [2.75, 3.05) is 12.9 Å². The first kappa shape index (κ1) is 32.7. The molecule has 0 radical (unpaired) electrons. The number of aromatic nitrogens is 1. The summed E-state index contributed by atoms with van der Waals surface area (Å²) < 4.78 is 30.9. The molecule has 2 unspecified atom stereocenters. The lowest BCUT2D eigenvalue weighted by Gasteiger charge is -2.73. The number of aliphatic hydroxyl groups is 2. The fourth-order valence-corrected chi connectivity index (χ4v) is 12.1. The maximum absolute atomic E-state index is 12.3. The number of carbonyl (C=O) groups is 1. The smallest absolute Gasteiger partial charge is 0.266 e. The lowest BCUT2D eigenvalue weighted by molar-refractivity contribution is -0.282. The first-order valence-electron chi connectivity index (χ1n) is 16.5. The lowest BCUT2D eigenvalue weighted by atomic mass is 9.32. The number of aliphatic hydroxyl groups excluding tert-OH is 2. The molecule has 4 aliphatic rings. The number of carbonyl (C=O) groups excluding carboxylic acids is 1. The summed E-state index contributed by atoms with van der Waals surface area (Å²) in [4.78, 5) is 16.3. The Morgan fingerprint density at radius 1 is 1.07 bits per heavy atom. The Balaban J connectivity index is 1.30. The van der Waals surface area contributed by atoms with E-state index in [0.29, 0.717) is 36.0 Å². The van der Waals surface area contributed by atoms with E-state index in [4.69, 9.17) is 4.74 Å². The van der Waals surface area contributed by atoms with Crippen LogP contribution in [0.3, 0.4) is 0 Å². The molecule has 1 heterocycles. The van der Waals surface area contributed by atoms with E-state index in [-0.39, 0.29) is 45.3 Å². The highest BCUT2D eigenvalue weighted by Gasteiger charge is 2.72. The number of hydrogen-bond acceptors (Lipinski definition) is 7. The van der Waals surface area contributed by atoms with Crippen LogP contribution in [-0.2, 0) is 10.0 Å². The highest BCUT2D eigenvalue weighted by atomic mass is 32.2. The van der Waals surface area contributed by atoms with Gasteiger partial charge in [0.2, 0.25) is 10.0 Å². The van der Waals surface area contributed by atoms with E-state index in [1.54, 1.807) is 6.20 Å². The molecule has 242 valence electrons. The van der Waals surface area contributed by atoms with Gasteiger partial charge in [0, 0.05) is 11.6 Å². The largest absolute Gasteiger partial charge is 0.492 e. The summed E-state index contributed by atoms with van der Waals surface area (Å²) in [5.41, 5.74) is 0.194. The molecular weight excluding hydrogens is 564 g/mol. The monoisotopic (exact) mass is 618 g/mol. The van der Waals surface area contributed by atoms with Gasteiger partial charge in [0.15, 0.2) is 0 Å². The van der Waals surface area contributed by atoms with Crippen molar-refractivity contribution in [3.05, 3.63) is 24.0 Å². The van der Waals surface area contributed by atoms with Gasteiger partial charge in [-0.25, -0.2) is 13.1 Å². The van der Waals surface area contributed by atoms with Gasteiger partial charge in [0.25, 0.3) is 5.91 Å². The van der Waals surface area contributed by atoms with Gasteiger partial charge >= 0.3 is 0 Å². The number of rotatable bonds is 8. The summed E-state index contributed by atoms with van der Waals surface area (Å²) >= 11 is 0. The number of sulfonamides is 1. The quantitative estimate of drug-likeness (QED) is 0.347. The normalized spacial score (nSPS) is 43.2. The molecule has 0 aromatic carbocycles. The van der Waals surface area contributed by atoms with E-state index >= 15 is 0 Å². The molecule has 11 atom stereocenters. The average Bonchev–Trinajstić information content (AvgIpc) is 3.28. The number of nitrogens with zero attached hydrogens (tertiary/aromatic N) is 1. The van der Waals surface area contributed by atoms with E-state index < -0.39 is 15.9 Å². The highest BCUT2D eigenvalue weighted by Crippen LogP contribution is 2.76. The standard InChI is InChI=1S/C34H54N2O6S/c1-8-25-29(38)34(6)27-10-9-26(31(27,3)14-12-28(34)32(4)15-11-23(37)18-33(25,32)5)21(2)13-16-42-24-17-22(19-35-20-24)30(39)36-43(7,40)41/h17,19-21,23,25-29,37-38H,8-16,18H2,1-7H3,(H,36,39)/t21-,23-,25+,26-,27-,28-,29-,31?,32?,33+,34+/m1/s1. The molecule has 4 aliphatic carbocycles. The second kappa shape index (κ2) is 11.3. The van der Waals surface area contributed by atoms with Crippen LogP contribution in [0.2, 0.25) is 0 Å². The number of pyridine rings is 1. The minimum atomic E-state index is -3.67. The van der Waals surface area contributed by atoms with Gasteiger partial charge < -0.3 is 14.9 Å². The fraction of sp³-hybridized carbons (Fsp3) is 0.824. The van der Waals surface area contributed by atoms with Gasteiger partial charge in [-0.3, -0.25) is 9.78 Å². The Kier molecular flexibility index (Phi) is 8.56. The van der Waals surface area contributed by atoms with Crippen LogP contribution < -0.4 is 9.46 Å². The number of ether oxygens (including phenoxy) is 1. The lowest BCUT2D eigenvalue weighted by Crippen LogP contribution is -2.70. The van der Waals surface area contributed by atoms with Gasteiger partial charge in [-0.05, 0) is 103 Å². The minimum absolute atomic E-state index is 0.0585. The van der Waals surface area contributed by atoms with Crippen molar-refractivity contribution < 1.29 is 28.2 Å². The Bertz CT molecular complexity index is 1320. The fourth-order valence-electron chi connectivity index (χ4n) is 11.6. The first-order chi connectivity index (χ1) is 20.0. The summed E-state index contributed by atoms with van der Waals surface area (Å²) in [5.74, 6) is 1.77. The van der Waals surface area contributed by atoms with Crippen LogP contribution in [0.15, 0.2) is 18.5 Å². The Morgan fingerprint density at radius 3 is 2.47 bits per heavy atom. The molecule has 0 saturated heterocycles. The van der Waals surface area contributed by atoms with Crippen molar-refractivity contribution >= 4 is 15.9 Å².